The highest BCUT2D eigenvalue weighted by atomic mass is 32.2. The highest BCUT2D eigenvalue weighted by Gasteiger charge is 2.36. The fraction of sp³-hybridized carbons (Fsp3) is 0.345. The van der Waals surface area contributed by atoms with Crippen LogP contribution in [0.25, 0.3) is 28.0 Å². The molecule has 0 amide bonds. The molecule has 3 heterocycles. The molecule has 39 heavy (non-hydrogen) atoms. The van der Waals surface area contributed by atoms with Crippen molar-refractivity contribution in [2.24, 2.45) is 0 Å². The van der Waals surface area contributed by atoms with Gasteiger partial charge < -0.3 is 14.7 Å². The van der Waals surface area contributed by atoms with Crippen molar-refractivity contribution in [3.05, 3.63) is 71.9 Å². The molecule has 0 bridgehead atoms. The number of nitrogens with zero attached hydrogens (tertiary/aromatic N) is 4. The van der Waals surface area contributed by atoms with Crippen LogP contribution in [0.15, 0.2) is 60.7 Å². The lowest BCUT2D eigenvalue weighted by atomic mass is 10.0. The molecule has 204 valence electrons. The van der Waals surface area contributed by atoms with Crippen LogP contribution >= 0.6 is 0 Å². The van der Waals surface area contributed by atoms with Gasteiger partial charge in [0.05, 0.1) is 28.4 Å². The van der Waals surface area contributed by atoms with Gasteiger partial charge in [0.25, 0.3) is 0 Å². The van der Waals surface area contributed by atoms with Crippen molar-refractivity contribution in [1.29, 1.82) is 0 Å². The van der Waals surface area contributed by atoms with Crippen LogP contribution in [-0.2, 0) is 19.4 Å². The monoisotopic (exact) mass is 548 g/mol. The molecule has 0 unspecified atom stereocenters. The zero-order valence-corrected chi connectivity index (χ0v) is 23.3. The summed E-state index contributed by atoms with van der Waals surface area (Å²) in [6, 6.07) is 19.9. The maximum atomic E-state index is 12.5. The number of anilines is 1. The summed E-state index contributed by atoms with van der Waals surface area (Å²) in [4.78, 5) is 19.1. The lowest BCUT2D eigenvalue weighted by Gasteiger charge is -2.33. The maximum Gasteiger partial charge on any atom is 0.337 e. The van der Waals surface area contributed by atoms with Crippen LogP contribution in [0.1, 0.15) is 38.1 Å². The summed E-state index contributed by atoms with van der Waals surface area (Å²) >= 11 is 0. The van der Waals surface area contributed by atoms with Crippen molar-refractivity contribution in [3.8, 4) is 22.4 Å². The summed E-state index contributed by atoms with van der Waals surface area (Å²) in [7, 11) is -3.17. The van der Waals surface area contributed by atoms with Crippen molar-refractivity contribution in [2.75, 3.05) is 29.5 Å². The minimum absolute atomic E-state index is 0.0274. The molecule has 0 radical (unpaired) electrons. The fourth-order valence-electron chi connectivity index (χ4n) is 4.87. The van der Waals surface area contributed by atoms with Gasteiger partial charge in [0.15, 0.2) is 21.6 Å². The van der Waals surface area contributed by atoms with Crippen molar-refractivity contribution < 1.29 is 23.1 Å². The molecular formula is C29H32N4O5S. The molecule has 1 aliphatic rings. The van der Waals surface area contributed by atoms with E-state index in [-0.39, 0.29) is 24.6 Å². The predicted octanol–water partition coefficient (Wildman–Crippen LogP) is 4.55. The first-order chi connectivity index (χ1) is 18.4. The molecule has 1 atom stereocenters. The first-order valence-electron chi connectivity index (χ1n) is 12.8. The third kappa shape index (κ3) is 5.67. The molecule has 2 aromatic heterocycles. The van der Waals surface area contributed by atoms with Gasteiger partial charge in [-0.3, -0.25) is 0 Å². The van der Waals surface area contributed by atoms with Crippen LogP contribution in [0.4, 0.5) is 5.82 Å². The molecule has 9 nitrogen and oxygen atoms in total. The summed E-state index contributed by atoms with van der Waals surface area (Å²) in [5.41, 5.74) is 4.34. The number of benzene rings is 2. The van der Waals surface area contributed by atoms with Gasteiger partial charge in [-0.15, -0.1) is 0 Å². The minimum Gasteiger partial charge on any atom is -0.479 e. The Labute approximate surface area is 228 Å². The molecule has 0 aliphatic carbocycles. The number of aliphatic carboxylic acids is 1. The van der Waals surface area contributed by atoms with Crippen LogP contribution < -0.4 is 4.90 Å². The molecule has 1 saturated heterocycles. The van der Waals surface area contributed by atoms with E-state index in [4.69, 9.17) is 14.8 Å². The summed E-state index contributed by atoms with van der Waals surface area (Å²) in [6.45, 7) is 7.57. The highest BCUT2D eigenvalue weighted by Crippen LogP contribution is 2.36. The number of aryl methyl sites for hydroxylation is 1. The predicted molar refractivity (Wildman–Crippen MR) is 151 cm³/mol. The average molecular weight is 549 g/mol. The number of aromatic nitrogens is 3. The molecule has 0 saturated carbocycles. The number of rotatable bonds is 6. The van der Waals surface area contributed by atoms with Crippen molar-refractivity contribution in [2.45, 2.75) is 39.4 Å². The molecule has 10 heteroatoms. The van der Waals surface area contributed by atoms with Crippen LogP contribution in [0.3, 0.4) is 0 Å². The van der Waals surface area contributed by atoms with Gasteiger partial charge in [-0.2, -0.15) is 9.61 Å². The van der Waals surface area contributed by atoms with Gasteiger partial charge in [0.1, 0.15) is 5.82 Å². The van der Waals surface area contributed by atoms with Gasteiger partial charge >= 0.3 is 5.97 Å². The van der Waals surface area contributed by atoms with E-state index in [1.807, 2.05) is 59.5 Å². The SMILES string of the molecule is Cc1nc2cc(-c3cccc(-c4ccccc4)c3)nn2c(N2CCS(=O)(=O)CC2)c1[C@H](OC(C)(C)C)C(=O)O. The number of carboxylic acid groups (broad SMARTS) is 1. The van der Waals surface area contributed by atoms with E-state index in [1.165, 1.54) is 0 Å². The lowest BCUT2D eigenvalue weighted by molar-refractivity contribution is -0.160. The molecular weight excluding hydrogens is 516 g/mol. The number of sulfone groups is 1. The Morgan fingerprint density at radius 3 is 2.26 bits per heavy atom. The maximum absolute atomic E-state index is 12.5. The Balaban J connectivity index is 1.69. The number of carbonyl (C=O) groups is 1. The second kappa shape index (κ2) is 10.1. The Kier molecular flexibility index (Phi) is 6.94. The first-order valence-corrected chi connectivity index (χ1v) is 14.7. The van der Waals surface area contributed by atoms with E-state index in [0.717, 1.165) is 16.7 Å². The number of hydrogen-bond donors (Lipinski definition) is 1. The van der Waals surface area contributed by atoms with E-state index < -0.39 is 27.5 Å². The zero-order valence-electron chi connectivity index (χ0n) is 22.5. The second-order valence-electron chi connectivity index (χ2n) is 10.8. The molecule has 4 aromatic rings. The Morgan fingerprint density at radius 2 is 1.62 bits per heavy atom. The Morgan fingerprint density at radius 1 is 0.974 bits per heavy atom. The van der Waals surface area contributed by atoms with E-state index in [2.05, 4.69) is 6.07 Å². The van der Waals surface area contributed by atoms with Gasteiger partial charge in [-0.1, -0.05) is 48.5 Å². The normalized spacial score (nSPS) is 16.4. The smallest absolute Gasteiger partial charge is 0.337 e. The largest absolute Gasteiger partial charge is 0.479 e. The number of carboxylic acids is 1. The molecule has 0 spiro atoms. The summed E-state index contributed by atoms with van der Waals surface area (Å²) in [5.74, 6) is -0.710. The topological polar surface area (TPSA) is 114 Å². The van der Waals surface area contributed by atoms with Crippen LogP contribution in [0, 0.1) is 6.92 Å². The minimum atomic E-state index is -3.17. The van der Waals surface area contributed by atoms with Gasteiger partial charge in [0, 0.05) is 30.4 Å². The number of fused-ring (bicyclic) bond motifs is 1. The Hall–Kier alpha value is -3.76. The van der Waals surface area contributed by atoms with Crippen molar-refractivity contribution in [1.82, 2.24) is 14.6 Å². The van der Waals surface area contributed by atoms with Gasteiger partial charge in [-0.05, 0) is 44.9 Å². The van der Waals surface area contributed by atoms with Crippen LogP contribution in [0.5, 0.6) is 0 Å². The van der Waals surface area contributed by atoms with Gasteiger partial charge in [-0.25, -0.2) is 18.2 Å². The highest BCUT2D eigenvalue weighted by molar-refractivity contribution is 7.91. The van der Waals surface area contributed by atoms with E-state index in [0.29, 0.717) is 28.4 Å². The van der Waals surface area contributed by atoms with E-state index in [1.54, 1.807) is 32.2 Å². The molecule has 2 aromatic carbocycles. The van der Waals surface area contributed by atoms with Crippen molar-refractivity contribution >= 4 is 27.3 Å². The van der Waals surface area contributed by atoms with E-state index >= 15 is 0 Å². The summed E-state index contributed by atoms with van der Waals surface area (Å²) in [5, 5.41) is 15.1. The molecule has 5 rings (SSSR count). The Bertz CT molecular complexity index is 1630. The van der Waals surface area contributed by atoms with Crippen molar-refractivity contribution in [3.63, 3.8) is 0 Å². The lowest BCUT2D eigenvalue weighted by Crippen LogP contribution is -2.42. The average Bonchev–Trinajstić information content (AvgIpc) is 3.30. The van der Waals surface area contributed by atoms with Crippen LogP contribution in [-0.4, -0.2) is 64.3 Å². The third-order valence-corrected chi connectivity index (χ3v) is 8.28. The quantitative estimate of drug-likeness (QED) is 0.373. The van der Waals surface area contributed by atoms with E-state index in [9.17, 15) is 18.3 Å². The number of hydrogen-bond acceptors (Lipinski definition) is 7. The second-order valence-corrected chi connectivity index (χ2v) is 13.1. The molecule has 1 N–H and O–H groups in total. The fourth-order valence-corrected chi connectivity index (χ4v) is 6.07. The molecule has 1 fully saturated rings. The number of ether oxygens (including phenoxy) is 1. The molecule has 1 aliphatic heterocycles. The zero-order chi connectivity index (χ0) is 27.9. The first kappa shape index (κ1) is 26.8. The van der Waals surface area contributed by atoms with Gasteiger partial charge in [0.2, 0.25) is 0 Å². The third-order valence-electron chi connectivity index (χ3n) is 6.67. The summed E-state index contributed by atoms with van der Waals surface area (Å²) in [6.07, 6.45) is -1.32. The standard InChI is InChI=1S/C29H32N4O5S/c1-19-25(26(28(34)35)38-29(2,3)4)27(32-13-15-39(36,37)16-14-32)33-24(30-19)18-23(31-33)22-12-8-11-21(17-22)20-9-6-5-7-10-20/h5-12,17-18,26H,13-16H2,1-4H3,(H,34,35)/t26-/m0/s1. The van der Waals surface area contributed by atoms with Crippen LogP contribution in [0.2, 0.25) is 0 Å². The summed E-state index contributed by atoms with van der Waals surface area (Å²) < 4.78 is 32.1.